The molecule has 1 radical (unpaired) electrons. The Hall–Kier alpha value is -0.980. The van der Waals surface area contributed by atoms with Gasteiger partial charge in [0.2, 0.25) is 0 Å². The molecule has 0 saturated carbocycles. The molecule has 0 bridgehead atoms. The van der Waals surface area contributed by atoms with Crippen molar-refractivity contribution in [2.45, 2.75) is 90.9 Å². The van der Waals surface area contributed by atoms with E-state index < -0.39 is 0 Å². The van der Waals surface area contributed by atoms with Gasteiger partial charge in [-0.25, -0.2) is 0 Å². The zero-order valence-electron chi connectivity index (χ0n) is 15.5. The molecule has 0 aromatic heterocycles. The average molecular weight is 318 g/mol. The topological polar surface area (TPSA) is 9.23 Å². The second-order valence-corrected chi connectivity index (χ2v) is 6.82. The van der Waals surface area contributed by atoms with E-state index in [1.165, 1.54) is 77.0 Å². The summed E-state index contributed by atoms with van der Waals surface area (Å²) in [6, 6.07) is 10.9. The molecule has 1 nitrogen and oxygen atoms in total. The molecule has 1 rings (SSSR count). The molecule has 131 valence electrons. The summed E-state index contributed by atoms with van der Waals surface area (Å²) >= 11 is 0. The van der Waals surface area contributed by atoms with E-state index in [-0.39, 0.29) is 0 Å². The first kappa shape index (κ1) is 20.1. The van der Waals surface area contributed by atoms with E-state index in [0.29, 0.717) is 0 Å². The Morgan fingerprint density at radius 1 is 0.783 bits per heavy atom. The molecule has 0 saturated heterocycles. The highest BCUT2D eigenvalue weighted by atomic mass is 16.5. The third-order valence-corrected chi connectivity index (χ3v) is 4.61. The number of benzene rings is 1. The van der Waals surface area contributed by atoms with Crippen molar-refractivity contribution in [3.05, 3.63) is 30.3 Å². The van der Waals surface area contributed by atoms with E-state index in [1.807, 2.05) is 24.3 Å². The van der Waals surface area contributed by atoms with Crippen molar-refractivity contribution in [1.82, 2.24) is 0 Å². The Bertz CT molecular complexity index is 346. The van der Waals surface area contributed by atoms with E-state index in [0.717, 1.165) is 18.3 Å². The standard InChI is InChI=1S/C22H37O/c1-3-5-7-9-10-13-17-21(16-12-8-6-4-2)20-23-22-18-14-11-15-19-22/h14-15,18-19,21H,3-10,12-13,16-17,20H2,1-2H3. The number of hydrogen-bond acceptors (Lipinski definition) is 1. The maximum atomic E-state index is 6.00. The zero-order valence-corrected chi connectivity index (χ0v) is 15.5. The van der Waals surface area contributed by atoms with E-state index in [2.05, 4.69) is 19.9 Å². The summed E-state index contributed by atoms with van der Waals surface area (Å²) in [6.07, 6.45) is 16.4. The van der Waals surface area contributed by atoms with Crippen LogP contribution in [0.2, 0.25) is 0 Å². The SMILES string of the molecule is CCCCCCCCC(CCCCCC)COc1cc[c]cc1. The Balaban J connectivity index is 2.24. The molecule has 1 heteroatoms. The van der Waals surface area contributed by atoms with Gasteiger partial charge in [-0.3, -0.25) is 0 Å². The highest BCUT2D eigenvalue weighted by molar-refractivity contribution is 5.20. The molecule has 0 aliphatic rings. The molecular formula is C22H37O. The Kier molecular flexibility index (Phi) is 12.7. The summed E-state index contributed by atoms with van der Waals surface area (Å²) in [5, 5.41) is 0. The summed E-state index contributed by atoms with van der Waals surface area (Å²) in [4.78, 5) is 0. The van der Waals surface area contributed by atoms with Gasteiger partial charge in [-0.2, -0.15) is 0 Å². The third kappa shape index (κ3) is 11.2. The van der Waals surface area contributed by atoms with Gasteiger partial charge in [-0.05, 0) is 37.0 Å². The Morgan fingerprint density at radius 2 is 1.30 bits per heavy atom. The molecule has 1 unspecified atom stereocenters. The van der Waals surface area contributed by atoms with E-state index >= 15 is 0 Å². The predicted octanol–water partition coefficient (Wildman–Crippen LogP) is 7.20. The summed E-state index contributed by atoms with van der Waals surface area (Å²) in [7, 11) is 0. The zero-order chi connectivity index (χ0) is 16.6. The maximum Gasteiger partial charge on any atom is 0.119 e. The first-order chi connectivity index (χ1) is 11.4. The highest BCUT2D eigenvalue weighted by Crippen LogP contribution is 2.20. The van der Waals surface area contributed by atoms with Crippen molar-refractivity contribution in [2.24, 2.45) is 5.92 Å². The van der Waals surface area contributed by atoms with E-state index in [4.69, 9.17) is 4.74 Å². The monoisotopic (exact) mass is 317 g/mol. The van der Waals surface area contributed by atoms with Crippen LogP contribution in [-0.2, 0) is 0 Å². The van der Waals surface area contributed by atoms with Crippen molar-refractivity contribution in [3.8, 4) is 5.75 Å². The second kappa shape index (κ2) is 14.6. The lowest BCUT2D eigenvalue weighted by molar-refractivity contribution is 0.224. The van der Waals surface area contributed by atoms with Crippen LogP contribution >= 0.6 is 0 Å². The Labute approximate surface area is 144 Å². The smallest absolute Gasteiger partial charge is 0.119 e. The van der Waals surface area contributed by atoms with Crippen LogP contribution in [0.5, 0.6) is 5.75 Å². The average Bonchev–Trinajstić information content (AvgIpc) is 2.59. The molecule has 1 aromatic rings. The van der Waals surface area contributed by atoms with Gasteiger partial charge in [-0.15, -0.1) is 0 Å². The highest BCUT2D eigenvalue weighted by Gasteiger charge is 2.10. The lowest BCUT2D eigenvalue weighted by Crippen LogP contribution is -2.12. The fraction of sp³-hybridized carbons (Fsp3) is 0.727. The number of rotatable bonds is 15. The van der Waals surface area contributed by atoms with Crippen LogP contribution < -0.4 is 4.74 Å². The molecular weight excluding hydrogens is 280 g/mol. The quantitative estimate of drug-likeness (QED) is 0.311. The molecule has 1 aromatic carbocycles. The van der Waals surface area contributed by atoms with Crippen LogP contribution in [-0.4, -0.2) is 6.61 Å². The van der Waals surface area contributed by atoms with Gasteiger partial charge in [0, 0.05) is 0 Å². The van der Waals surface area contributed by atoms with Crippen molar-refractivity contribution in [2.75, 3.05) is 6.61 Å². The summed E-state index contributed by atoms with van der Waals surface area (Å²) in [5.41, 5.74) is 0. The van der Waals surface area contributed by atoms with Crippen LogP contribution in [0.25, 0.3) is 0 Å². The van der Waals surface area contributed by atoms with Crippen LogP contribution in [0.3, 0.4) is 0 Å². The molecule has 0 aliphatic heterocycles. The number of hydrogen-bond donors (Lipinski definition) is 0. The number of unbranched alkanes of at least 4 members (excludes halogenated alkanes) is 8. The lowest BCUT2D eigenvalue weighted by Gasteiger charge is -2.18. The molecule has 0 amide bonds. The molecule has 23 heavy (non-hydrogen) atoms. The van der Waals surface area contributed by atoms with Gasteiger partial charge < -0.3 is 4.74 Å². The molecule has 0 heterocycles. The van der Waals surface area contributed by atoms with Crippen molar-refractivity contribution in [1.29, 1.82) is 0 Å². The van der Waals surface area contributed by atoms with Crippen molar-refractivity contribution in [3.63, 3.8) is 0 Å². The largest absolute Gasteiger partial charge is 0.493 e. The summed E-state index contributed by atoms with van der Waals surface area (Å²) < 4.78 is 6.00. The fourth-order valence-corrected chi connectivity index (χ4v) is 3.07. The molecule has 0 spiro atoms. The summed E-state index contributed by atoms with van der Waals surface area (Å²) in [6.45, 7) is 5.44. The maximum absolute atomic E-state index is 6.00. The van der Waals surface area contributed by atoms with Crippen molar-refractivity contribution < 1.29 is 4.74 Å². The van der Waals surface area contributed by atoms with Gasteiger partial charge in [0.15, 0.2) is 0 Å². The Morgan fingerprint density at radius 3 is 1.91 bits per heavy atom. The van der Waals surface area contributed by atoms with Gasteiger partial charge in [0.1, 0.15) is 5.75 Å². The number of ether oxygens (including phenoxy) is 1. The fourth-order valence-electron chi connectivity index (χ4n) is 3.07. The van der Waals surface area contributed by atoms with E-state index in [1.54, 1.807) is 0 Å². The predicted molar refractivity (Wildman–Crippen MR) is 101 cm³/mol. The van der Waals surface area contributed by atoms with Gasteiger partial charge in [-0.1, -0.05) is 90.2 Å². The minimum absolute atomic E-state index is 0.724. The van der Waals surface area contributed by atoms with Crippen LogP contribution in [0, 0.1) is 12.0 Å². The van der Waals surface area contributed by atoms with Crippen molar-refractivity contribution >= 4 is 0 Å². The molecule has 1 atom stereocenters. The van der Waals surface area contributed by atoms with Gasteiger partial charge >= 0.3 is 0 Å². The van der Waals surface area contributed by atoms with Crippen LogP contribution in [0.4, 0.5) is 0 Å². The molecule has 0 aliphatic carbocycles. The van der Waals surface area contributed by atoms with Crippen LogP contribution in [0.15, 0.2) is 24.3 Å². The second-order valence-electron chi connectivity index (χ2n) is 6.82. The van der Waals surface area contributed by atoms with Gasteiger partial charge in [0.05, 0.1) is 6.61 Å². The first-order valence-electron chi connectivity index (χ1n) is 9.95. The van der Waals surface area contributed by atoms with Crippen LogP contribution in [0.1, 0.15) is 90.9 Å². The normalized spacial score (nSPS) is 12.3. The third-order valence-electron chi connectivity index (χ3n) is 4.61. The first-order valence-corrected chi connectivity index (χ1v) is 9.95. The molecule has 0 fully saturated rings. The van der Waals surface area contributed by atoms with E-state index in [9.17, 15) is 0 Å². The molecule has 0 N–H and O–H groups in total. The lowest BCUT2D eigenvalue weighted by atomic mass is 9.95. The van der Waals surface area contributed by atoms with Gasteiger partial charge in [0.25, 0.3) is 0 Å². The summed E-state index contributed by atoms with van der Waals surface area (Å²) in [5.74, 6) is 1.72. The minimum Gasteiger partial charge on any atom is -0.493 e. The minimum atomic E-state index is 0.724.